The van der Waals surface area contributed by atoms with Crippen molar-refractivity contribution in [2.75, 3.05) is 18.9 Å². The third-order valence-electron chi connectivity index (χ3n) is 3.00. The Bertz CT molecular complexity index is 969. The highest BCUT2D eigenvalue weighted by Gasteiger charge is 2.44. The molecule has 1 aromatic rings. The van der Waals surface area contributed by atoms with Crippen molar-refractivity contribution in [3.05, 3.63) is 22.7 Å². The van der Waals surface area contributed by atoms with Crippen LogP contribution in [0.5, 0.6) is 0 Å². The van der Waals surface area contributed by atoms with Crippen LogP contribution in [0.25, 0.3) is 0 Å². The Kier molecular flexibility index (Phi) is 9.22. The van der Waals surface area contributed by atoms with Gasteiger partial charge in [0.1, 0.15) is 19.0 Å². The molecule has 5 unspecified atom stereocenters. The summed E-state index contributed by atoms with van der Waals surface area (Å²) in [6.07, 6.45) is -0.610. The number of nitrogens with two attached hydrogens (primary N) is 2. The van der Waals surface area contributed by atoms with Gasteiger partial charge in [0.2, 0.25) is 0 Å². The lowest BCUT2D eigenvalue weighted by atomic mass is 10.3. The maximum Gasteiger partial charge on any atom is 0.490 e. The van der Waals surface area contributed by atoms with E-state index in [1.165, 1.54) is 6.92 Å². The Morgan fingerprint density at radius 3 is 2.26 bits per heavy atom. The lowest BCUT2D eigenvalue weighted by Crippen LogP contribution is -2.46. The molecule has 9 N–H and O–H groups in total. The monoisotopic (exact) mass is 516 g/mol. The molecule has 0 saturated heterocycles. The normalized spacial score (nSPS) is 20.3. The molecular formula is C10H20FN4O13P3. The van der Waals surface area contributed by atoms with Gasteiger partial charge >= 0.3 is 29.2 Å². The van der Waals surface area contributed by atoms with Crippen LogP contribution >= 0.6 is 23.5 Å². The molecule has 1 rings (SSSR count). The number of phosphoric ester groups is 1. The average molecular weight is 516 g/mol. The summed E-state index contributed by atoms with van der Waals surface area (Å²) in [6.45, 7) is -1.91. The number of aliphatic hydroxyl groups is 1. The van der Waals surface area contributed by atoms with Crippen LogP contribution in [0.15, 0.2) is 17.1 Å². The SMILES string of the molecule is CC(N)C(OC(F)(CO)COP(=O)(O)OP(=O)(O)OP(=O)(O)O)n1ccc(N)nc1=O. The molecule has 0 aromatic carbocycles. The highest BCUT2D eigenvalue weighted by Crippen LogP contribution is 2.66. The zero-order chi connectivity index (χ0) is 24.3. The number of ether oxygens (including phenoxy) is 1. The Morgan fingerprint density at radius 1 is 1.23 bits per heavy atom. The van der Waals surface area contributed by atoms with Crippen LogP contribution in [0.2, 0.25) is 0 Å². The molecule has 0 spiro atoms. The van der Waals surface area contributed by atoms with Gasteiger partial charge in [0.25, 0.3) is 5.85 Å². The van der Waals surface area contributed by atoms with Crippen LogP contribution in [0.1, 0.15) is 13.2 Å². The van der Waals surface area contributed by atoms with Crippen LogP contribution in [0.3, 0.4) is 0 Å². The van der Waals surface area contributed by atoms with E-state index in [4.69, 9.17) is 30.9 Å². The summed E-state index contributed by atoms with van der Waals surface area (Å²) in [5, 5.41) is 9.27. The first-order chi connectivity index (χ1) is 13.9. The van der Waals surface area contributed by atoms with Gasteiger partial charge in [0.15, 0.2) is 6.23 Å². The number of anilines is 1. The van der Waals surface area contributed by atoms with Gasteiger partial charge in [0.05, 0.1) is 0 Å². The molecule has 0 aliphatic rings. The smallest absolute Gasteiger partial charge is 0.390 e. The van der Waals surface area contributed by atoms with E-state index in [9.17, 15) is 32.9 Å². The maximum atomic E-state index is 14.9. The van der Waals surface area contributed by atoms with Crippen LogP contribution in [0.4, 0.5) is 10.2 Å². The predicted molar refractivity (Wildman–Crippen MR) is 97.4 cm³/mol. The molecule has 0 aliphatic carbocycles. The van der Waals surface area contributed by atoms with Gasteiger partial charge < -0.3 is 40.9 Å². The van der Waals surface area contributed by atoms with Crippen LogP contribution < -0.4 is 17.2 Å². The number of aliphatic hydroxyl groups excluding tert-OH is 1. The quantitative estimate of drug-likeness (QED) is 0.159. The standard InChI is InChI=1S/C10H20FN4O13P3/c1-6(12)8(15-3-2-7(13)14-9(15)17)26-10(11,4-16)5-25-30(21,22)28-31(23,24)27-29(18,19)20/h2-3,6,8,16H,4-5,12H2,1H3,(H,21,22)(H,23,24)(H2,13,14,17)(H2,18,19,20). The molecule has 17 nitrogen and oxygen atoms in total. The molecule has 5 atom stereocenters. The minimum Gasteiger partial charge on any atom is -0.390 e. The molecule has 21 heteroatoms. The number of nitrogen functional groups attached to an aromatic ring is 1. The lowest BCUT2D eigenvalue weighted by Gasteiger charge is -2.31. The summed E-state index contributed by atoms with van der Waals surface area (Å²) < 4.78 is 65.0. The van der Waals surface area contributed by atoms with Crippen molar-refractivity contribution in [3.8, 4) is 0 Å². The second-order valence-electron chi connectivity index (χ2n) is 5.82. The fourth-order valence-corrected chi connectivity index (χ4v) is 4.90. The molecule has 0 amide bonds. The number of aromatic nitrogens is 2. The second kappa shape index (κ2) is 10.2. The molecule has 0 bridgehead atoms. The first kappa shape index (κ1) is 27.9. The van der Waals surface area contributed by atoms with E-state index in [-0.39, 0.29) is 5.82 Å². The van der Waals surface area contributed by atoms with E-state index in [1.54, 1.807) is 0 Å². The lowest BCUT2D eigenvalue weighted by molar-refractivity contribution is -0.239. The Balaban J connectivity index is 3.00. The summed E-state index contributed by atoms with van der Waals surface area (Å²) in [4.78, 5) is 50.6. The Morgan fingerprint density at radius 2 is 1.81 bits per heavy atom. The van der Waals surface area contributed by atoms with Crippen molar-refractivity contribution in [2.24, 2.45) is 5.73 Å². The van der Waals surface area contributed by atoms with Gasteiger partial charge in [-0.1, -0.05) is 0 Å². The fraction of sp³-hybridized carbons (Fsp3) is 0.600. The molecule has 0 radical (unpaired) electrons. The van der Waals surface area contributed by atoms with E-state index in [1.807, 2.05) is 0 Å². The Hall–Kier alpha value is -1.10. The van der Waals surface area contributed by atoms with Gasteiger partial charge in [-0.2, -0.15) is 13.6 Å². The second-order valence-corrected chi connectivity index (χ2v) is 10.2. The van der Waals surface area contributed by atoms with E-state index < -0.39 is 60.5 Å². The summed E-state index contributed by atoms with van der Waals surface area (Å²) >= 11 is 0. The van der Waals surface area contributed by atoms with Crippen molar-refractivity contribution >= 4 is 29.3 Å². The van der Waals surface area contributed by atoms with Crippen LogP contribution in [-0.4, -0.2) is 59.3 Å². The first-order valence-corrected chi connectivity index (χ1v) is 12.3. The van der Waals surface area contributed by atoms with Gasteiger partial charge in [-0.05, 0) is 13.0 Å². The predicted octanol–water partition coefficient (Wildman–Crippen LogP) is -1.31. The molecule has 1 aromatic heterocycles. The molecule has 31 heavy (non-hydrogen) atoms. The number of phosphoric acid groups is 3. The third-order valence-corrected chi connectivity index (χ3v) is 6.79. The minimum absolute atomic E-state index is 0.175. The van der Waals surface area contributed by atoms with E-state index in [2.05, 4.69) is 18.1 Å². The number of hydrogen-bond donors (Lipinski definition) is 7. The first-order valence-electron chi connectivity index (χ1n) is 7.75. The van der Waals surface area contributed by atoms with E-state index >= 15 is 0 Å². The number of hydrogen-bond acceptors (Lipinski definition) is 12. The number of alkyl halides is 1. The van der Waals surface area contributed by atoms with E-state index in [0.29, 0.717) is 4.57 Å². The molecular weight excluding hydrogens is 496 g/mol. The maximum absolute atomic E-state index is 14.9. The molecule has 0 saturated carbocycles. The van der Waals surface area contributed by atoms with E-state index in [0.717, 1.165) is 12.3 Å². The number of halogens is 1. The summed E-state index contributed by atoms with van der Waals surface area (Å²) in [5.41, 5.74) is 9.96. The Labute approximate surface area is 172 Å². The van der Waals surface area contributed by atoms with Crippen LogP contribution in [-0.2, 0) is 31.6 Å². The summed E-state index contributed by atoms with van der Waals surface area (Å²) in [6, 6.07) is 0.0155. The van der Waals surface area contributed by atoms with Crippen molar-refractivity contribution in [1.29, 1.82) is 0 Å². The highest BCUT2D eigenvalue weighted by molar-refractivity contribution is 7.66. The molecule has 0 aliphatic heterocycles. The largest absolute Gasteiger partial charge is 0.490 e. The molecule has 180 valence electrons. The van der Waals surface area contributed by atoms with Crippen molar-refractivity contribution in [2.45, 2.75) is 25.0 Å². The topological polar surface area (TPSA) is 276 Å². The van der Waals surface area contributed by atoms with Crippen LogP contribution in [0, 0.1) is 0 Å². The van der Waals surface area contributed by atoms with Gasteiger partial charge in [-0.15, -0.1) is 0 Å². The van der Waals surface area contributed by atoms with Crippen molar-refractivity contribution in [1.82, 2.24) is 9.55 Å². The zero-order valence-corrected chi connectivity index (χ0v) is 18.2. The third kappa shape index (κ3) is 9.51. The number of rotatable bonds is 12. The fourth-order valence-electron chi connectivity index (χ4n) is 1.85. The zero-order valence-electron chi connectivity index (χ0n) is 15.5. The minimum atomic E-state index is -5.84. The van der Waals surface area contributed by atoms with Gasteiger partial charge in [-0.3, -0.25) is 9.09 Å². The summed E-state index contributed by atoms with van der Waals surface area (Å²) in [7, 11) is -17.2. The molecule has 1 heterocycles. The molecule has 0 fully saturated rings. The van der Waals surface area contributed by atoms with Gasteiger partial charge in [-0.25, -0.2) is 22.9 Å². The van der Waals surface area contributed by atoms with Crippen molar-refractivity contribution < 1.29 is 60.6 Å². The van der Waals surface area contributed by atoms with Gasteiger partial charge in [0, 0.05) is 12.2 Å². The van der Waals surface area contributed by atoms with Crippen molar-refractivity contribution in [3.63, 3.8) is 0 Å². The number of nitrogens with zero attached hydrogens (tertiary/aromatic N) is 2. The summed E-state index contributed by atoms with van der Waals surface area (Å²) in [5.74, 6) is -3.52. The highest BCUT2D eigenvalue weighted by atomic mass is 31.3. The average Bonchev–Trinajstić information content (AvgIpc) is 2.55.